The van der Waals surface area contributed by atoms with Gasteiger partial charge in [-0.25, -0.2) is 0 Å². The summed E-state index contributed by atoms with van der Waals surface area (Å²) in [5, 5.41) is 0. The Labute approximate surface area is 87.0 Å². The van der Waals surface area contributed by atoms with Gasteiger partial charge in [0.15, 0.2) is 0 Å². The second kappa shape index (κ2) is 6.22. The number of rotatable bonds is 5. The topological polar surface area (TPSA) is 43.1 Å². The van der Waals surface area contributed by atoms with Gasteiger partial charge in [0.25, 0.3) is 0 Å². The van der Waals surface area contributed by atoms with Crippen LogP contribution in [-0.4, -0.2) is 5.91 Å². The molecule has 68 valence electrons. The summed E-state index contributed by atoms with van der Waals surface area (Å²) in [6.07, 6.45) is 4.47. The van der Waals surface area contributed by atoms with E-state index in [9.17, 15) is 4.79 Å². The number of hydrogen-bond acceptors (Lipinski definition) is 1. The number of nitrogens with two attached hydrogens (primary N) is 1. The maximum atomic E-state index is 10.5. The first kappa shape index (κ1) is 11.7. The molecule has 12 heavy (non-hydrogen) atoms. The molecule has 0 aromatic carbocycles. The minimum atomic E-state index is -0.320. The summed E-state index contributed by atoms with van der Waals surface area (Å²) >= 11 is 2.18. The van der Waals surface area contributed by atoms with Crippen LogP contribution < -0.4 is 5.73 Å². The summed E-state index contributed by atoms with van der Waals surface area (Å²) < 4.78 is 1.05. The lowest BCUT2D eigenvalue weighted by Crippen LogP contribution is -2.10. The molecular weight excluding hydrogens is 265 g/mol. The highest BCUT2D eigenvalue weighted by Crippen LogP contribution is 2.19. The molecule has 0 aromatic rings. The summed E-state index contributed by atoms with van der Waals surface area (Å²) in [4.78, 5) is 10.5. The van der Waals surface area contributed by atoms with Crippen LogP contribution in [0.25, 0.3) is 0 Å². The van der Waals surface area contributed by atoms with Crippen molar-refractivity contribution in [1.82, 2.24) is 0 Å². The van der Waals surface area contributed by atoms with Crippen LogP contribution in [0.5, 0.6) is 0 Å². The number of amides is 1. The molecule has 0 aliphatic heterocycles. The Morgan fingerprint density at radius 2 is 2.25 bits per heavy atom. The van der Waals surface area contributed by atoms with Crippen LogP contribution in [0.4, 0.5) is 0 Å². The lowest BCUT2D eigenvalue weighted by atomic mass is 10.2. The molecule has 0 rings (SSSR count). The Balaban J connectivity index is 4.00. The van der Waals surface area contributed by atoms with Crippen molar-refractivity contribution in [2.24, 2.45) is 5.73 Å². The molecule has 0 aliphatic carbocycles. The Morgan fingerprint density at radius 3 is 2.67 bits per heavy atom. The van der Waals surface area contributed by atoms with E-state index in [0.29, 0.717) is 0 Å². The molecule has 2 nitrogen and oxygen atoms in total. The van der Waals surface area contributed by atoms with E-state index in [1.54, 1.807) is 0 Å². The van der Waals surface area contributed by atoms with Gasteiger partial charge in [0, 0.05) is 3.58 Å². The number of allylic oxidation sites excluding steroid dienone is 2. The first-order valence-corrected chi connectivity index (χ1v) is 4.98. The van der Waals surface area contributed by atoms with Gasteiger partial charge in [-0.15, -0.1) is 0 Å². The third-order valence-electron chi connectivity index (χ3n) is 1.34. The molecule has 0 spiro atoms. The van der Waals surface area contributed by atoms with Crippen LogP contribution in [-0.2, 0) is 4.79 Å². The normalized spacial score (nSPS) is 11.3. The fourth-order valence-corrected chi connectivity index (χ4v) is 1.21. The minimum Gasteiger partial charge on any atom is -0.369 e. The van der Waals surface area contributed by atoms with Crippen molar-refractivity contribution in [3.05, 3.63) is 21.8 Å². The number of primary amides is 1. The van der Waals surface area contributed by atoms with E-state index >= 15 is 0 Å². The fourth-order valence-electron chi connectivity index (χ4n) is 0.710. The van der Waals surface area contributed by atoms with E-state index in [-0.39, 0.29) is 12.3 Å². The van der Waals surface area contributed by atoms with Gasteiger partial charge in [0.05, 0.1) is 6.42 Å². The molecule has 0 aliphatic rings. The molecule has 0 radical (unpaired) electrons. The van der Waals surface area contributed by atoms with Crippen molar-refractivity contribution < 1.29 is 4.79 Å². The van der Waals surface area contributed by atoms with Crippen LogP contribution in [0.1, 0.15) is 26.2 Å². The quantitative estimate of drug-likeness (QED) is 0.610. The molecule has 0 saturated carbocycles. The Hall–Kier alpha value is -0.320. The van der Waals surface area contributed by atoms with Crippen LogP contribution in [0.3, 0.4) is 0 Å². The number of unbranched alkanes of at least 4 members (excludes halogenated alkanes) is 1. The standard InChI is InChI=1S/C9H14INO/c1-3-4-5-8(10)7(2)6-9(11)12/h5H,2-4,6H2,1H3,(H2,11,12)/b8-5+. The van der Waals surface area contributed by atoms with Crippen LogP contribution in [0.2, 0.25) is 0 Å². The highest BCUT2D eigenvalue weighted by molar-refractivity contribution is 14.1. The Bertz CT molecular complexity index is 209. The van der Waals surface area contributed by atoms with Crippen LogP contribution >= 0.6 is 22.6 Å². The van der Waals surface area contributed by atoms with Crippen molar-refractivity contribution in [3.63, 3.8) is 0 Å². The zero-order chi connectivity index (χ0) is 9.56. The maximum absolute atomic E-state index is 10.5. The number of hydrogen-bond donors (Lipinski definition) is 1. The van der Waals surface area contributed by atoms with E-state index in [4.69, 9.17) is 5.73 Å². The van der Waals surface area contributed by atoms with E-state index < -0.39 is 0 Å². The first-order valence-electron chi connectivity index (χ1n) is 3.90. The van der Waals surface area contributed by atoms with E-state index in [1.807, 2.05) is 0 Å². The van der Waals surface area contributed by atoms with Gasteiger partial charge in [0.2, 0.25) is 5.91 Å². The molecule has 3 heteroatoms. The van der Waals surface area contributed by atoms with Crippen molar-refractivity contribution in [1.29, 1.82) is 0 Å². The number of carbonyl (C=O) groups is 1. The largest absolute Gasteiger partial charge is 0.369 e. The molecular formula is C9H14INO. The van der Waals surface area contributed by atoms with Gasteiger partial charge >= 0.3 is 0 Å². The van der Waals surface area contributed by atoms with Gasteiger partial charge in [-0.3, -0.25) is 4.79 Å². The fraction of sp³-hybridized carbons (Fsp3) is 0.444. The summed E-state index contributed by atoms with van der Waals surface area (Å²) in [6, 6.07) is 0. The molecule has 0 aromatic heterocycles. The van der Waals surface area contributed by atoms with Crippen molar-refractivity contribution in [3.8, 4) is 0 Å². The monoisotopic (exact) mass is 279 g/mol. The summed E-state index contributed by atoms with van der Waals surface area (Å²) in [5.74, 6) is -0.320. The third-order valence-corrected chi connectivity index (χ3v) is 2.54. The van der Waals surface area contributed by atoms with E-state index in [2.05, 4.69) is 42.2 Å². The number of carbonyl (C=O) groups excluding carboxylic acids is 1. The van der Waals surface area contributed by atoms with Gasteiger partial charge in [0.1, 0.15) is 0 Å². The van der Waals surface area contributed by atoms with Crippen molar-refractivity contribution >= 4 is 28.5 Å². The second-order valence-electron chi connectivity index (χ2n) is 2.59. The predicted octanol–water partition coefficient (Wildman–Crippen LogP) is 2.54. The van der Waals surface area contributed by atoms with Gasteiger partial charge in [-0.1, -0.05) is 26.0 Å². The summed E-state index contributed by atoms with van der Waals surface area (Å²) in [7, 11) is 0. The average molecular weight is 279 g/mol. The Kier molecular flexibility index (Phi) is 6.06. The molecule has 0 heterocycles. The highest BCUT2D eigenvalue weighted by Gasteiger charge is 2.01. The lowest BCUT2D eigenvalue weighted by molar-refractivity contribution is -0.117. The smallest absolute Gasteiger partial charge is 0.221 e. The maximum Gasteiger partial charge on any atom is 0.221 e. The highest BCUT2D eigenvalue weighted by atomic mass is 127. The zero-order valence-corrected chi connectivity index (χ0v) is 9.43. The molecule has 0 atom stereocenters. The van der Waals surface area contributed by atoms with Crippen molar-refractivity contribution in [2.75, 3.05) is 0 Å². The first-order chi connectivity index (χ1) is 5.57. The average Bonchev–Trinajstić information content (AvgIpc) is 1.98. The number of halogens is 1. The molecule has 1 amide bonds. The molecule has 0 saturated heterocycles. The molecule has 0 bridgehead atoms. The Morgan fingerprint density at radius 1 is 1.67 bits per heavy atom. The van der Waals surface area contributed by atoms with Crippen LogP contribution in [0.15, 0.2) is 21.8 Å². The van der Waals surface area contributed by atoms with Crippen LogP contribution in [0, 0.1) is 0 Å². The molecule has 0 fully saturated rings. The molecule has 2 N–H and O–H groups in total. The second-order valence-corrected chi connectivity index (χ2v) is 3.75. The third kappa shape index (κ3) is 5.35. The van der Waals surface area contributed by atoms with E-state index in [1.165, 1.54) is 0 Å². The predicted molar refractivity (Wildman–Crippen MR) is 60.0 cm³/mol. The lowest BCUT2D eigenvalue weighted by Gasteiger charge is -2.00. The van der Waals surface area contributed by atoms with Gasteiger partial charge in [-0.2, -0.15) is 0 Å². The van der Waals surface area contributed by atoms with Gasteiger partial charge < -0.3 is 5.73 Å². The zero-order valence-electron chi connectivity index (χ0n) is 7.27. The molecule has 0 unspecified atom stereocenters. The minimum absolute atomic E-state index is 0.262. The summed E-state index contributed by atoms with van der Waals surface area (Å²) in [6.45, 7) is 5.88. The van der Waals surface area contributed by atoms with Gasteiger partial charge in [-0.05, 0) is 34.6 Å². The van der Waals surface area contributed by atoms with E-state index in [0.717, 1.165) is 22.0 Å². The summed E-state index contributed by atoms with van der Waals surface area (Å²) in [5.41, 5.74) is 5.85. The van der Waals surface area contributed by atoms with Crippen molar-refractivity contribution in [2.45, 2.75) is 26.2 Å². The SMILES string of the molecule is C=C(CC(N)=O)/C(I)=C\CCC.